The lowest BCUT2D eigenvalue weighted by Crippen LogP contribution is -2.31. The maximum atomic E-state index is 13.2. The first-order valence-corrected chi connectivity index (χ1v) is 4.81. The lowest BCUT2D eigenvalue weighted by atomic mass is 10.3. The van der Waals surface area contributed by atoms with Crippen molar-refractivity contribution in [2.45, 2.75) is 6.92 Å². The van der Waals surface area contributed by atoms with Gasteiger partial charge in [-0.2, -0.15) is 0 Å². The van der Waals surface area contributed by atoms with Crippen molar-refractivity contribution in [1.82, 2.24) is 4.90 Å². The van der Waals surface area contributed by atoms with Crippen LogP contribution in [-0.2, 0) is 0 Å². The fraction of sp³-hybridized carbons (Fsp3) is 0.250. The summed E-state index contributed by atoms with van der Waals surface area (Å²) in [5.74, 6) is 4.98. The van der Waals surface area contributed by atoms with Crippen LogP contribution in [0.3, 0.4) is 0 Å². The van der Waals surface area contributed by atoms with Crippen LogP contribution in [-0.4, -0.2) is 24.5 Å². The van der Waals surface area contributed by atoms with Crippen LogP contribution in [0.5, 0.6) is 0 Å². The van der Waals surface area contributed by atoms with Crippen molar-refractivity contribution in [2.24, 2.45) is 0 Å². The minimum absolute atomic E-state index is 0.170. The highest BCUT2D eigenvalue weighted by Gasteiger charge is 2.09. The lowest BCUT2D eigenvalue weighted by Gasteiger charge is -2.15. The fourth-order valence-corrected chi connectivity index (χ4v) is 1.04. The Balaban J connectivity index is 2.63. The Hall–Kier alpha value is -2.02. The molecule has 0 heterocycles. The van der Waals surface area contributed by atoms with Crippen LogP contribution >= 0.6 is 0 Å². The SMILES string of the molecule is CC#CCN(C)C(=O)Nc1ccccc1F. The van der Waals surface area contributed by atoms with E-state index in [2.05, 4.69) is 17.2 Å². The second-order valence-electron chi connectivity index (χ2n) is 3.19. The van der Waals surface area contributed by atoms with Crippen LogP contribution in [0.4, 0.5) is 14.9 Å². The average Bonchev–Trinajstić information content (AvgIpc) is 2.28. The van der Waals surface area contributed by atoms with E-state index in [9.17, 15) is 9.18 Å². The van der Waals surface area contributed by atoms with Crippen molar-refractivity contribution in [3.8, 4) is 11.8 Å². The van der Waals surface area contributed by atoms with Gasteiger partial charge in [-0.1, -0.05) is 18.1 Å². The number of hydrogen-bond donors (Lipinski definition) is 1. The third-order valence-electron chi connectivity index (χ3n) is 1.96. The molecule has 0 fully saturated rings. The molecule has 0 saturated heterocycles. The zero-order valence-corrected chi connectivity index (χ0v) is 9.25. The molecule has 0 atom stereocenters. The zero-order valence-electron chi connectivity index (χ0n) is 9.25. The van der Waals surface area contributed by atoms with Gasteiger partial charge in [0, 0.05) is 7.05 Å². The molecule has 1 rings (SSSR count). The van der Waals surface area contributed by atoms with Crippen molar-refractivity contribution in [3.63, 3.8) is 0 Å². The summed E-state index contributed by atoms with van der Waals surface area (Å²) in [5, 5.41) is 2.46. The molecular weight excluding hydrogens is 207 g/mol. The number of carbonyl (C=O) groups is 1. The highest BCUT2D eigenvalue weighted by Crippen LogP contribution is 2.12. The molecule has 0 bridgehead atoms. The minimum atomic E-state index is -0.453. The summed E-state index contributed by atoms with van der Waals surface area (Å²) in [5.41, 5.74) is 0.170. The highest BCUT2D eigenvalue weighted by atomic mass is 19.1. The van der Waals surface area contributed by atoms with Gasteiger partial charge in [-0.3, -0.25) is 0 Å². The molecule has 1 aromatic carbocycles. The molecule has 84 valence electrons. The first-order valence-electron chi connectivity index (χ1n) is 4.81. The number of nitrogens with zero attached hydrogens (tertiary/aromatic N) is 1. The highest BCUT2D eigenvalue weighted by molar-refractivity contribution is 5.89. The van der Waals surface area contributed by atoms with Crippen LogP contribution < -0.4 is 5.32 Å². The number of benzene rings is 1. The molecule has 4 heteroatoms. The van der Waals surface area contributed by atoms with Crippen LogP contribution in [0.25, 0.3) is 0 Å². The van der Waals surface area contributed by atoms with Crippen molar-refractivity contribution in [1.29, 1.82) is 0 Å². The summed E-state index contributed by atoms with van der Waals surface area (Å²) >= 11 is 0. The second kappa shape index (κ2) is 5.76. The van der Waals surface area contributed by atoms with Crippen molar-refractivity contribution in [3.05, 3.63) is 30.1 Å². The van der Waals surface area contributed by atoms with E-state index in [-0.39, 0.29) is 11.7 Å². The molecule has 0 aliphatic carbocycles. The smallest absolute Gasteiger partial charge is 0.316 e. The fourth-order valence-electron chi connectivity index (χ4n) is 1.04. The molecule has 0 spiro atoms. The molecule has 0 aliphatic rings. The lowest BCUT2D eigenvalue weighted by molar-refractivity contribution is 0.227. The molecular formula is C12H13FN2O. The Labute approximate surface area is 94.3 Å². The maximum absolute atomic E-state index is 13.2. The third kappa shape index (κ3) is 3.28. The molecule has 2 amide bonds. The van der Waals surface area contributed by atoms with Crippen LogP contribution in [0.1, 0.15) is 6.92 Å². The Kier molecular flexibility index (Phi) is 4.34. The first kappa shape index (κ1) is 12.1. The number of hydrogen-bond acceptors (Lipinski definition) is 1. The van der Waals surface area contributed by atoms with E-state index in [4.69, 9.17) is 0 Å². The predicted molar refractivity (Wildman–Crippen MR) is 61.5 cm³/mol. The van der Waals surface area contributed by atoms with Crippen LogP contribution in [0, 0.1) is 17.7 Å². The quantitative estimate of drug-likeness (QED) is 0.762. The second-order valence-corrected chi connectivity index (χ2v) is 3.19. The summed E-state index contributed by atoms with van der Waals surface area (Å²) in [6.07, 6.45) is 0. The van der Waals surface area contributed by atoms with E-state index in [1.54, 1.807) is 26.1 Å². The van der Waals surface area contributed by atoms with E-state index in [0.717, 1.165) is 0 Å². The van der Waals surface area contributed by atoms with E-state index < -0.39 is 5.82 Å². The summed E-state index contributed by atoms with van der Waals surface area (Å²) in [7, 11) is 1.60. The van der Waals surface area contributed by atoms with E-state index >= 15 is 0 Å². The molecule has 1 aromatic rings. The Morgan fingerprint density at radius 1 is 1.50 bits per heavy atom. The first-order chi connectivity index (χ1) is 7.65. The number of halogens is 1. The van der Waals surface area contributed by atoms with Gasteiger partial charge in [0.05, 0.1) is 12.2 Å². The van der Waals surface area contributed by atoms with Crippen molar-refractivity contribution in [2.75, 3.05) is 18.9 Å². The molecule has 0 aliphatic heterocycles. The summed E-state index contributed by atoms with van der Waals surface area (Å²) in [6, 6.07) is 5.64. The number of rotatable bonds is 2. The average molecular weight is 220 g/mol. The number of para-hydroxylation sites is 1. The number of urea groups is 1. The van der Waals surface area contributed by atoms with Crippen molar-refractivity contribution >= 4 is 11.7 Å². The van der Waals surface area contributed by atoms with E-state index in [0.29, 0.717) is 6.54 Å². The Bertz CT molecular complexity index is 434. The maximum Gasteiger partial charge on any atom is 0.322 e. The van der Waals surface area contributed by atoms with Gasteiger partial charge in [0.25, 0.3) is 0 Å². The molecule has 0 unspecified atom stereocenters. The predicted octanol–water partition coefficient (Wildman–Crippen LogP) is 2.31. The monoisotopic (exact) mass is 220 g/mol. The number of carbonyl (C=O) groups excluding carboxylic acids is 1. The van der Waals surface area contributed by atoms with Gasteiger partial charge < -0.3 is 10.2 Å². The van der Waals surface area contributed by atoms with Gasteiger partial charge in [0.2, 0.25) is 0 Å². The Morgan fingerprint density at radius 2 is 2.19 bits per heavy atom. The minimum Gasteiger partial charge on any atom is -0.316 e. The molecule has 1 N–H and O–H groups in total. The van der Waals surface area contributed by atoms with Gasteiger partial charge >= 0.3 is 6.03 Å². The molecule has 0 saturated carbocycles. The summed E-state index contributed by atoms with van der Waals surface area (Å²) in [4.78, 5) is 12.9. The Morgan fingerprint density at radius 3 is 2.81 bits per heavy atom. The zero-order chi connectivity index (χ0) is 12.0. The summed E-state index contributed by atoms with van der Waals surface area (Å²) < 4.78 is 13.2. The molecule has 0 aromatic heterocycles. The molecule has 16 heavy (non-hydrogen) atoms. The van der Waals surface area contributed by atoms with Gasteiger partial charge in [-0.05, 0) is 19.1 Å². The number of amides is 2. The normalized spacial score (nSPS) is 8.94. The van der Waals surface area contributed by atoms with Gasteiger partial charge in [0.1, 0.15) is 5.82 Å². The van der Waals surface area contributed by atoms with Gasteiger partial charge in [-0.15, -0.1) is 5.92 Å². The van der Waals surface area contributed by atoms with Crippen LogP contribution in [0.2, 0.25) is 0 Å². The number of anilines is 1. The van der Waals surface area contributed by atoms with Crippen molar-refractivity contribution < 1.29 is 9.18 Å². The standard InChI is InChI=1S/C12H13FN2O/c1-3-4-9-15(2)12(16)14-11-8-6-5-7-10(11)13/h5-8H,9H2,1-2H3,(H,14,16). The molecule has 0 radical (unpaired) electrons. The molecule has 3 nitrogen and oxygen atoms in total. The van der Waals surface area contributed by atoms with Crippen LogP contribution in [0.15, 0.2) is 24.3 Å². The van der Waals surface area contributed by atoms with E-state index in [1.807, 2.05) is 0 Å². The van der Waals surface area contributed by atoms with E-state index in [1.165, 1.54) is 17.0 Å². The largest absolute Gasteiger partial charge is 0.322 e. The summed E-state index contributed by atoms with van der Waals surface area (Å²) in [6.45, 7) is 2.01. The third-order valence-corrected chi connectivity index (χ3v) is 1.96. The topological polar surface area (TPSA) is 32.3 Å². The van der Waals surface area contributed by atoms with Gasteiger partial charge in [0.15, 0.2) is 0 Å². The van der Waals surface area contributed by atoms with Gasteiger partial charge in [-0.25, -0.2) is 9.18 Å². The number of nitrogens with one attached hydrogen (secondary N) is 1.